The predicted octanol–water partition coefficient (Wildman–Crippen LogP) is 5.01. The fourth-order valence-corrected chi connectivity index (χ4v) is 3.15. The third-order valence-electron chi connectivity index (χ3n) is 4.57. The molecule has 0 atom stereocenters. The van der Waals surface area contributed by atoms with Gasteiger partial charge in [-0.2, -0.15) is 0 Å². The topological polar surface area (TPSA) is 32.3 Å². The predicted molar refractivity (Wildman–Crippen MR) is 107 cm³/mol. The molecule has 1 aliphatic rings. The number of nitrogens with one attached hydrogen (secondary N) is 1. The van der Waals surface area contributed by atoms with E-state index in [1.54, 1.807) is 30.3 Å². The van der Waals surface area contributed by atoms with Gasteiger partial charge in [-0.15, -0.1) is 12.4 Å². The van der Waals surface area contributed by atoms with Crippen LogP contribution in [0.15, 0.2) is 54.6 Å². The summed E-state index contributed by atoms with van der Waals surface area (Å²) in [6.45, 7) is 4.38. The first-order valence-electron chi connectivity index (χ1n) is 7.97. The third kappa shape index (κ3) is 4.17. The maximum Gasteiger partial charge on any atom is 0.250 e. The third-order valence-corrected chi connectivity index (χ3v) is 4.82. The summed E-state index contributed by atoms with van der Waals surface area (Å²) in [5.74, 6) is -0.147. The van der Waals surface area contributed by atoms with E-state index in [0.717, 1.165) is 23.4 Å². The van der Waals surface area contributed by atoms with E-state index in [1.165, 1.54) is 5.56 Å². The minimum absolute atomic E-state index is 0. The molecule has 132 valence electrons. The van der Waals surface area contributed by atoms with Crippen molar-refractivity contribution in [2.75, 3.05) is 12.4 Å². The Morgan fingerprint density at radius 3 is 2.48 bits per heavy atom. The normalized spacial score (nSPS) is 16.8. The Hall–Kier alpha value is -1.97. The van der Waals surface area contributed by atoms with E-state index in [0.29, 0.717) is 5.02 Å². The van der Waals surface area contributed by atoms with Gasteiger partial charge >= 0.3 is 0 Å². The molecule has 1 N–H and O–H groups in total. The highest BCUT2D eigenvalue weighted by Crippen LogP contribution is 2.36. The lowest BCUT2D eigenvalue weighted by atomic mass is 9.84. The molecule has 1 heterocycles. The number of rotatable bonds is 2. The Morgan fingerprint density at radius 2 is 1.80 bits per heavy atom. The second-order valence-electron chi connectivity index (χ2n) is 6.73. The average Bonchev–Trinajstić information content (AvgIpc) is 2.54. The lowest BCUT2D eigenvalue weighted by Gasteiger charge is -2.44. The molecule has 0 fully saturated rings. The van der Waals surface area contributed by atoms with Gasteiger partial charge in [-0.05, 0) is 50.1 Å². The van der Waals surface area contributed by atoms with Gasteiger partial charge in [0, 0.05) is 40.6 Å². The minimum Gasteiger partial charge on any atom is -0.368 e. The van der Waals surface area contributed by atoms with E-state index in [-0.39, 0.29) is 23.9 Å². The number of hydrogen-bond acceptors (Lipinski definition) is 2. The second-order valence-corrected chi connectivity index (χ2v) is 7.17. The lowest BCUT2D eigenvalue weighted by Crippen LogP contribution is -2.45. The van der Waals surface area contributed by atoms with Crippen LogP contribution in [-0.4, -0.2) is 23.4 Å². The smallest absolute Gasteiger partial charge is 0.250 e. The van der Waals surface area contributed by atoms with Crippen molar-refractivity contribution < 1.29 is 4.79 Å². The summed E-state index contributed by atoms with van der Waals surface area (Å²) in [7, 11) is 2.04. The van der Waals surface area contributed by atoms with E-state index < -0.39 is 0 Å². The zero-order valence-corrected chi connectivity index (χ0v) is 16.1. The van der Waals surface area contributed by atoms with Crippen molar-refractivity contribution in [2.24, 2.45) is 0 Å². The molecule has 0 saturated carbocycles. The maximum atomic E-state index is 12.5. The molecule has 0 aliphatic carbocycles. The van der Waals surface area contributed by atoms with Gasteiger partial charge in [0.15, 0.2) is 0 Å². The van der Waals surface area contributed by atoms with Crippen molar-refractivity contribution in [1.82, 2.24) is 4.90 Å². The van der Waals surface area contributed by atoms with Gasteiger partial charge < -0.3 is 10.2 Å². The minimum atomic E-state index is -0.147. The summed E-state index contributed by atoms with van der Waals surface area (Å²) in [6, 6.07) is 15.4. The number of nitrogens with zero attached hydrogens (tertiary/aromatic N) is 1. The van der Waals surface area contributed by atoms with Crippen molar-refractivity contribution in [2.45, 2.75) is 25.8 Å². The van der Waals surface area contributed by atoms with Crippen molar-refractivity contribution in [1.29, 1.82) is 0 Å². The molecular formula is C20H22Cl2N2O. The van der Waals surface area contributed by atoms with Crippen LogP contribution in [-0.2, 0) is 11.2 Å². The van der Waals surface area contributed by atoms with E-state index in [2.05, 4.69) is 36.2 Å². The van der Waals surface area contributed by atoms with Gasteiger partial charge in [-0.1, -0.05) is 35.9 Å². The molecular weight excluding hydrogens is 355 g/mol. The zero-order valence-electron chi connectivity index (χ0n) is 14.5. The summed E-state index contributed by atoms with van der Waals surface area (Å²) in [5, 5.41) is 3.54. The van der Waals surface area contributed by atoms with Crippen LogP contribution in [0.3, 0.4) is 0 Å². The number of carbonyl (C=O) groups excluding carboxylic acids is 1. The second kappa shape index (κ2) is 7.51. The van der Waals surface area contributed by atoms with Crippen LogP contribution in [0.4, 0.5) is 5.69 Å². The number of hydrogen-bond donors (Lipinski definition) is 1. The Morgan fingerprint density at radius 1 is 1.16 bits per heavy atom. The molecule has 0 aromatic heterocycles. The van der Waals surface area contributed by atoms with Gasteiger partial charge in [0.25, 0.3) is 0 Å². The largest absolute Gasteiger partial charge is 0.368 e. The fraction of sp³-hybridized carbons (Fsp3) is 0.250. The van der Waals surface area contributed by atoms with Crippen LogP contribution in [0.5, 0.6) is 0 Å². The van der Waals surface area contributed by atoms with Gasteiger partial charge in [0.2, 0.25) is 5.91 Å². The van der Waals surface area contributed by atoms with Crippen molar-refractivity contribution in [3.05, 3.63) is 70.8 Å². The quantitative estimate of drug-likeness (QED) is 0.747. The number of amides is 1. The summed E-state index contributed by atoms with van der Waals surface area (Å²) < 4.78 is 0. The molecule has 2 aromatic rings. The first-order valence-corrected chi connectivity index (χ1v) is 8.35. The highest BCUT2D eigenvalue weighted by atomic mass is 35.5. The highest BCUT2D eigenvalue weighted by Gasteiger charge is 2.33. The number of halogens is 2. The lowest BCUT2D eigenvalue weighted by molar-refractivity contribution is -0.111. The van der Waals surface area contributed by atoms with E-state index in [1.807, 2.05) is 19.2 Å². The van der Waals surface area contributed by atoms with Crippen LogP contribution in [0, 0.1) is 0 Å². The molecule has 3 rings (SSSR count). The Kier molecular flexibility index (Phi) is 5.81. The summed E-state index contributed by atoms with van der Waals surface area (Å²) in [5.41, 5.74) is 4.01. The van der Waals surface area contributed by atoms with Crippen LogP contribution in [0.2, 0.25) is 5.02 Å². The van der Waals surface area contributed by atoms with Crippen LogP contribution >= 0.6 is 24.0 Å². The standard InChI is InChI=1S/C20H21ClN2O.ClH/c1-20(2)13-14-6-4-5-7-17(14)18(23(20)3)12-19(24)22-16-10-8-15(21)9-11-16;/h4-12H,13H2,1-3H3,(H,22,24);1H/b18-12-;. The molecule has 0 spiro atoms. The summed E-state index contributed by atoms with van der Waals surface area (Å²) in [6.07, 6.45) is 2.63. The number of fused-ring (bicyclic) bond motifs is 1. The SMILES string of the molecule is CN1/C(=C\C(=O)Nc2ccc(Cl)cc2)c2ccccc2CC1(C)C.Cl. The number of carbonyl (C=O) groups is 1. The zero-order chi connectivity index (χ0) is 17.3. The molecule has 0 unspecified atom stereocenters. The van der Waals surface area contributed by atoms with E-state index in [9.17, 15) is 4.79 Å². The van der Waals surface area contributed by atoms with E-state index >= 15 is 0 Å². The highest BCUT2D eigenvalue weighted by molar-refractivity contribution is 6.30. The average molecular weight is 377 g/mol. The Balaban J connectivity index is 0.00000225. The molecule has 2 aromatic carbocycles. The van der Waals surface area contributed by atoms with Gasteiger partial charge in [-0.25, -0.2) is 0 Å². The molecule has 25 heavy (non-hydrogen) atoms. The number of benzene rings is 2. The first kappa shape index (κ1) is 19.4. The molecule has 1 amide bonds. The van der Waals surface area contributed by atoms with E-state index in [4.69, 9.17) is 11.6 Å². The molecule has 0 bridgehead atoms. The Bertz CT molecular complexity index is 798. The first-order chi connectivity index (χ1) is 11.4. The van der Waals surface area contributed by atoms with Crippen LogP contribution in [0.1, 0.15) is 25.0 Å². The summed E-state index contributed by atoms with van der Waals surface area (Å²) in [4.78, 5) is 14.7. The molecule has 0 saturated heterocycles. The number of likely N-dealkylation sites (N-methyl/N-ethyl adjacent to an activating group) is 1. The number of anilines is 1. The molecule has 1 aliphatic heterocycles. The van der Waals surface area contributed by atoms with Gasteiger partial charge in [-0.3, -0.25) is 4.79 Å². The van der Waals surface area contributed by atoms with Crippen molar-refractivity contribution in [3.63, 3.8) is 0 Å². The molecule has 3 nitrogen and oxygen atoms in total. The molecule has 0 radical (unpaired) electrons. The van der Waals surface area contributed by atoms with Gasteiger partial charge in [0.05, 0.1) is 0 Å². The molecule has 5 heteroatoms. The van der Waals surface area contributed by atoms with Crippen molar-refractivity contribution in [3.8, 4) is 0 Å². The van der Waals surface area contributed by atoms with Gasteiger partial charge in [0.1, 0.15) is 0 Å². The summed E-state index contributed by atoms with van der Waals surface area (Å²) >= 11 is 5.88. The maximum absolute atomic E-state index is 12.5. The monoisotopic (exact) mass is 376 g/mol. The van der Waals surface area contributed by atoms with Crippen molar-refractivity contribution >= 4 is 41.3 Å². The van der Waals surface area contributed by atoms with Crippen LogP contribution in [0.25, 0.3) is 5.70 Å². The Labute approximate surface area is 160 Å². The van der Waals surface area contributed by atoms with Crippen LogP contribution < -0.4 is 5.32 Å². The fourth-order valence-electron chi connectivity index (χ4n) is 3.03.